The molecule has 0 aliphatic rings. The van der Waals surface area contributed by atoms with Gasteiger partial charge in [-0.3, -0.25) is 0 Å². The minimum Gasteiger partial charge on any atom is -0.496 e. The Bertz CT molecular complexity index is 987. The summed E-state index contributed by atoms with van der Waals surface area (Å²) >= 11 is 0. The van der Waals surface area contributed by atoms with E-state index in [0.717, 1.165) is 17.7 Å². The smallest absolute Gasteiger partial charge is 0.240 e. The van der Waals surface area contributed by atoms with E-state index in [2.05, 4.69) is 4.72 Å². The lowest BCUT2D eigenvalue weighted by Crippen LogP contribution is -2.25. The molecule has 0 spiro atoms. The number of benzene rings is 3. The molecule has 0 saturated carbocycles. The molecule has 0 bridgehead atoms. The van der Waals surface area contributed by atoms with Gasteiger partial charge in [0.05, 0.1) is 12.0 Å². The van der Waals surface area contributed by atoms with E-state index in [1.807, 2.05) is 54.6 Å². The molecule has 28 heavy (non-hydrogen) atoms. The molecular weight excluding hydrogens is 374 g/mol. The summed E-state index contributed by atoms with van der Waals surface area (Å²) in [5.74, 6) is 2.10. The first-order valence-corrected chi connectivity index (χ1v) is 10.5. The highest BCUT2D eigenvalue weighted by Gasteiger charge is 2.13. The van der Waals surface area contributed by atoms with Crippen molar-refractivity contribution in [3.8, 4) is 17.2 Å². The van der Waals surface area contributed by atoms with Gasteiger partial charge in [0, 0.05) is 6.54 Å². The zero-order chi connectivity index (χ0) is 19.8. The fourth-order valence-electron chi connectivity index (χ4n) is 2.79. The lowest BCUT2D eigenvalue weighted by Gasteiger charge is -2.10. The third-order valence-corrected chi connectivity index (χ3v) is 5.70. The van der Waals surface area contributed by atoms with Gasteiger partial charge in [0.15, 0.2) is 0 Å². The second kappa shape index (κ2) is 9.39. The number of methoxy groups -OCH3 is 1. The molecule has 0 aromatic heterocycles. The molecule has 0 unspecified atom stereocenters. The lowest BCUT2D eigenvalue weighted by molar-refractivity contribution is 0.409. The summed E-state index contributed by atoms with van der Waals surface area (Å²) in [6, 6.07) is 23.5. The van der Waals surface area contributed by atoms with E-state index in [1.54, 1.807) is 31.4 Å². The Balaban J connectivity index is 1.54. The largest absolute Gasteiger partial charge is 0.496 e. The van der Waals surface area contributed by atoms with Crippen molar-refractivity contribution in [2.75, 3.05) is 13.7 Å². The molecule has 3 aromatic carbocycles. The van der Waals surface area contributed by atoms with E-state index < -0.39 is 10.0 Å². The molecule has 5 nitrogen and oxygen atoms in total. The van der Waals surface area contributed by atoms with Crippen LogP contribution in [0.5, 0.6) is 17.2 Å². The molecule has 0 aliphatic carbocycles. The van der Waals surface area contributed by atoms with Crippen LogP contribution in [0.2, 0.25) is 0 Å². The maximum atomic E-state index is 12.5. The van der Waals surface area contributed by atoms with Crippen molar-refractivity contribution in [1.82, 2.24) is 4.72 Å². The monoisotopic (exact) mass is 397 g/mol. The average molecular weight is 397 g/mol. The number of hydrogen-bond acceptors (Lipinski definition) is 4. The van der Waals surface area contributed by atoms with Crippen molar-refractivity contribution in [2.24, 2.45) is 0 Å². The summed E-state index contributed by atoms with van der Waals surface area (Å²) in [6.07, 6.45) is 1.41. The highest BCUT2D eigenvalue weighted by Crippen LogP contribution is 2.23. The Kier molecular flexibility index (Phi) is 6.68. The number of aryl methyl sites for hydroxylation is 1. The Labute approximate surface area is 166 Å². The number of rotatable bonds is 9. The standard InChI is InChI=1S/C22H23NO4S/c1-26-22-12-6-5-8-18(22)9-7-17-23-28(24,25)21-15-13-20(14-16-21)27-19-10-3-2-4-11-19/h2-6,8,10-16,23H,7,9,17H2,1H3. The minimum absolute atomic E-state index is 0.213. The Hall–Kier alpha value is -2.83. The number of hydrogen-bond donors (Lipinski definition) is 1. The van der Waals surface area contributed by atoms with Crippen LogP contribution >= 0.6 is 0 Å². The predicted molar refractivity (Wildman–Crippen MR) is 109 cm³/mol. The zero-order valence-corrected chi connectivity index (χ0v) is 16.5. The molecule has 0 atom stereocenters. The highest BCUT2D eigenvalue weighted by atomic mass is 32.2. The van der Waals surface area contributed by atoms with Gasteiger partial charge in [-0.15, -0.1) is 0 Å². The molecule has 0 saturated heterocycles. The van der Waals surface area contributed by atoms with Crippen LogP contribution in [0.15, 0.2) is 83.8 Å². The summed E-state index contributed by atoms with van der Waals surface area (Å²) in [7, 11) is -1.93. The van der Waals surface area contributed by atoms with Crippen molar-refractivity contribution in [3.63, 3.8) is 0 Å². The maximum absolute atomic E-state index is 12.5. The van der Waals surface area contributed by atoms with Crippen molar-refractivity contribution >= 4 is 10.0 Å². The SMILES string of the molecule is COc1ccccc1CCCNS(=O)(=O)c1ccc(Oc2ccccc2)cc1. The predicted octanol–water partition coefficient (Wildman–Crippen LogP) is 4.40. The van der Waals surface area contributed by atoms with Gasteiger partial charge in [0.2, 0.25) is 10.0 Å². The molecule has 6 heteroatoms. The first kappa shape index (κ1) is 19.9. The molecule has 3 aromatic rings. The van der Waals surface area contributed by atoms with Crippen molar-refractivity contribution in [1.29, 1.82) is 0 Å². The molecule has 1 N–H and O–H groups in total. The van der Waals surface area contributed by atoms with Crippen molar-refractivity contribution in [2.45, 2.75) is 17.7 Å². The zero-order valence-electron chi connectivity index (χ0n) is 15.7. The topological polar surface area (TPSA) is 64.6 Å². The quantitative estimate of drug-likeness (QED) is 0.544. The van der Waals surface area contributed by atoms with Crippen LogP contribution in [0.4, 0.5) is 0 Å². The fraction of sp³-hybridized carbons (Fsp3) is 0.182. The number of nitrogens with one attached hydrogen (secondary N) is 1. The van der Waals surface area contributed by atoms with Crippen LogP contribution in [-0.2, 0) is 16.4 Å². The van der Waals surface area contributed by atoms with E-state index in [4.69, 9.17) is 9.47 Å². The van der Waals surface area contributed by atoms with Gasteiger partial charge in [-0.05, 0) is 60.9 Å². The minimum atomic E-state index is -3.56. The summed E-state index contributed by atoms with van der Waals surface area (Å²) in [6.45, 7) is 0.350. The van der Waals surface area contributed by atoms with Gasteiger partial charge in [-0.2, -0.15) is 0 Å². The van der Waals surface area contributed by atoms with Crippen LogP contribution in [0.3, 0.4) is 0 Å². The lowest BCUT2D eigenvalue weighted by atomic mass is 10.1. The van der Waals surface area contributed by atoms with Gasteiger partial charge >= 0.3 is 0 Å². The van der Waals surface area contributed by atoms with Crippen LogP contribution in [0.25, 0.3) is 0 Å². The van der Waals surface area contributed by atoms with E-state index in [-0.39, 0.29) is 4.90 Å². The molecule has 0 fully saturated rings. The second-order valence-electron chi connectivity index (χ2n) is 6.20. The molecular formula is C22H23NO4S. The molecule has 0 amide bonds. The van der Waals surface area contributed by atoms with Crippen LogP contribution in [0.1, 0.15) is 12.0 Å². The van der Waals surface area contributed by atoms with E-state index in [9.17, 15) is 8.42 Å². The van der Waals surface area contributed by atoms with Gasteiger partial charge in [-0.25, -0.2) is 13.1 Å². The highest BCUT2D eigenvalue weighted by molar-refractivity contribution is 7.89. The van der Waals surface area contributed by atoms with Gasteiger partial charge in [0.25, 0.3) is 0 Å². The van der Waals surface area contributed by atoms with Crippen LogP contribution < -0.4 is 14.2 Å². The van der Waals surface area contributed by atoms with Gasteiger partial charge < -0.3 is 9.47 Å². The third kappa shape index (κ3) is 5.34. The number of para-hydroxylation sites is 2. The van der Waals surface area contributed by atoms with E-state index in [1.165, 1.54) is 0 Å². The molecule has 0 radical (unpaired) electrons. The number of ether oxygens (including phenoxy) is 2. The summed E-state index contributed by atoms with van der Waals surface area (Å²) in [5, 5.41) is 0. The van der Waals surface area contributed by atoms with Crippen LogP contribution in [0, 0.1) is 0 Å². The maximum Gasteiger partial charge on any atom is 0.240 e. The summed E-state index contributed by atoms with van der Waals surface area (Å²) in [5.41, 5.74) is 1.06. The van der Waals surface area contributed by atoms with Crippen LogP contribution in [-0.4, -0.2) is 22.1 Å². The Morgan fingerprint density at radius 3 is 2.18 bits per heavy atom. The molecule has 3 rings (SSSR count). The van der Waals surface area contributed by atoms with E-state index in [0.29, 0.717) is 24.5 Å². The number of sulfonamides is 1. The first-order valence-electron chi connectivity index (χ1n) is 9.03. The Morgan fingerprint density at radius 2 is 1.46 bits per heavy atom. The van der Waals surface area contributed by atoms with E-state index >= 15 is 0 Å². The molecule has 146 valence electrons. The van der Waals surface area contributed by atoms with Crippen molar-refractivity contribution in [3.05, 3.63) is 84.4 Å². The summed E-state index contributed by atoms with van der Waals surface area (Å²) in [4.78, 5) is 0.213. The molecule has 0 aliphatic heterocycles. The van der Waals surface area contributed by atoms with Gasteiger partial charge in [-0.1, -0.05) is 36.4 Å². The normalized spacial score (nSPS) is 11.2. The average Bonchev–Trinajstić information content (AvgIpc) is 2.73. The fourth-order valence-corrected chi connectivity index (χ4v) is 3.86. The summed E-state index contributed by atoms with van der Waals surface area (Å²) < 4.78 is 38.6. The molecule has 0 heterocycles. The van der Waals surface area contributed by atoms with Crippen molar-refractivity contribution < 1.29 is 17.9 Å². The second-order valence-corrected chi connectivity index (χ2v) is 7.97. The Morgan fingerprint density at radius 1 is 0.821 bits per heavy atom. The van der Waals surface area contributed by atoms with Gasteiger partial charge in [0.1, 0.15) is 17.2 Å². The third-order valence-electron chi connectivity index (χ3n) is 4.22. The first-order chi connectivity index (χ1) is 13.6.